The van der Waals surface area contributed by atoms with Crippen molar-refractivity contribution in [2.45, 2.75) is 19.8 Å². The molecule has 1 atom stereocenters. The predicted octanol–water partition coefficient (Wildman–Crippen LogP) is 3.02. The molecule has 0 rings (SSSR count). The second kappa shape index (κ2) is 5.60. The summed E-state index contributed by atoms with van der Waals surface area (Å²) in [6.45, 7) is 5.94. The molecule has 0 aromatic heterocycles. The SMILES string of the molecule is C=CCC[C@H](C)CI. The van der Waals surface area contributed by atoms with Crippen LogP contribution < -0.4 is 0 Å². The molecule has 0 spiro atoms. The summed E-state index contributed by atoms with van der Waals surface area (Å²) < 4.78 is 1.27. The first-order valence-corrected chi connectivity index (χ1v) is 4.50. The quantitative estimate of drug-likeness (QED) is 0.391. The van der Waals surface area contributed by atoms with Gasteiger partial charge in [-0.1, -0.05) is 35.6 Å². The molecule has 0 aromatic carbocycles. The minimum absolute atomic E-state index is 0.869. The Hall–Kier alpha value is 0.470. The van der Waals surface area contributed by atoms with Gasteiger partial charge < -0.3 is 0 Å². The molecule has 1 heteroatoms. The largest absolute Gasteiger partial charge is 0.103 e. The van der Waals surface area contributed by atoms with Crippen molar-refractivity contribution in [2.24, 2.45) is 5.92 Å². The molecular weight excluding hydrogens is 211 g/mol. The van der Waals surface area contributed by atoms with E-state index in [2.05, 4.69) is 36.1 Å². The number of hydrogen-bond donors (Lipinski definition) is 0. The van der Waals surface area contributed by atoms with E-state index in [-0.39, 0.29) is 0 Å². The smallest absolute Gasteiger partial charge is 0.00211 e. The fourth-order valence-corrected chi connectivity index (χ4v) is 0.920. The summed E-state index contributed by atoms with van der Waals surface area (Å²) in [7, 11) is 0. The van der Waals surface area contributed by atoms with E-state index in [0.717, 1.165) is 5.92 Å². The Balaban J connectivity index is 2.97. The van der Waals surface area contributed by atoms with Gasteiger partial charge in [-0.2, -0.15) is 0 Å². The van der Waals surface area contributed by atoms with Crippen LogP contribution in [0.4, 0.5) is 0 Å². The molecule has 0 aliphatic heterocycles. The normalized spacial score (nSPS) is 13.2. The molecular formula is C7H13I. The van der Waals surface area contributed by atoms with Crippen LogP contribution in [0.15, 0.2) is 12.7 Å². The van der Waals surface area contributed by atoms with E-state index in [1.54, 1.807) is 0 Å². The Morgan fingerprint density at radius 3 is 2.75 bits per heavy atom. The summed E-state index contributed by atoms with van der Waals surface area (Å²) >= 11 is 2.42. The van der Waals surface area contributed by atoms with Crippen molar-refractivity contribution in [1.82, 2.24) is 0 Å². The lowest BCUT2D eigenvalue weighted by Crippen LogP contribution is -1.92. The topological polar surface area (TPSA) is 0 Å². The van der Waals surface area contributed by atoms with Crippen molar-refractivity contribution >= 4 is 22.6 Å². The summed E-state index contributed by atoms with van der Waals surface area (Å²) in [6.07, 6.45) is 4.46. The summed E-state index contributed by atoms with van der Waals surface area (Å²) in [5.41, 5.74) is 0. The number of rotatable bonds is 4. The lowest BCUT2D eigenvalue weighted by atomic mass is 10.1. The van der Waals surface area contributed by atoms with Gasteiger partial charge in [0.1, 0.15) is 0 Å². The van der Waals surface area contributed by atoms with Crippen molar-refractivity contribution in [1.29, 1.82) is 0 Å². The number of halogens is 1. The minimum Gasteiger partial charge on any atom is -0.103 e. The molecule has 48 valence electrons. The van der Waals surface area contributed by atoms with Crippen LogP contribution in [-0.2, 0) is 0 Å². The van der Waals surface area contributed by atoms with Crippen LogP contribution in [0, 0.1) is 5.92 Å². The van der Waals surface area contributed by atoms with Gasteiger partial charge in [0.2, 0.25) is 0 Å². The highest BCUT2D eigenvalue weighted by Gasteiger charge is 1.94. The van der Waals surface area contributed by atoms with E-state index in [0.29, 0.717) is 0 Å². The molecule has 0 saturated carbocycles. The Morgan fingerprint density at radius 2 is 2.38 bits per heavy atom. The molecule has 0 fully saturated rings. The molecule has 0 aliphatic carbocycles. The lowest BCUT2D eigenvalue weighted by molar-refractivity contribution is 0.612. The number of alkyl halides is 1. The first kappa shape index (κ1) is 8.47. The second-order valence-electron chi connectivity index (χ2n) is 2.13. The highest BCUT2D eigenvalue weighted by Crippen LogP contribution is 2.08. The lowest BCUT2D eigenvalue weighted by Gasteiger charge is -2.02. The zero-order valence-corrected chi connectivity index (χ0v) is 7.52. The third kappa shape index (κ3) is 4.62. The molecule has 0 saturated heterocycles. The van der Waals surface area contributed by atoms with E-state index >= 15 is 0 Å². The Kier molecular flexibility index (Phi) is 5.93. The second-order valence-corrected chi connectivity index (χ2v) is 3.01. The summed E-state index contributed by atoms with van der Waals surface area (Å²) in [6, 6.07) is 0. The fourth-order valence-electron chi connectivity index (χ4n) is 0.480. The minimum atomic E-state index is 0.869. The zero-order valence-electron chi connectivity index (χ0n) is 5.36. The highest BCUT2D eigenvalue weighted by atomic mass is 127. The first-order chi connectivity index (χ1) is 3.81. The Labute approximate surface area is 65.5 Å². The average molecular weight is 224 g/mol. The molecule has 0 aliphatic rings. The van der Waals surface area contributed by atoms with Gasteiger partial charge >= 0.3 is 0 Å². The van der Waals surface area contributed by atoms with Crippen molar-refractivity contribution in [3.63, 3.8) is 0 Å². The van der Waals surface area contributed by atoms with Gasteiger partial charge in [0.15, 0.2) is 0 Å². The average Bonchev–Trinajstić information content (AvgIpc) is 1.83. The van der Waals surface area contributed by atoms with E-state index < -0.39 is 0 Å². The van der Waals surface area contributed by atoms with Crippen molar-refractivity contribution < 1.29 is 0 Å². The van der Waals surface area contributed by atoms with Crippen LogP contribution in [0.5, 0.6) is 0 Å². The van der Waals surface area contributed by atoms with E-state index in [1.807, 2.05) is 6.08 Å². The molecule has 0 unspecified atom stereocenters. The van der Waals surface area contributed by atoms with E-state index in [9.17, 15) is 0 Å². The number of allylic oxidation sites excluding steroid dienone is 1. The highest BCUT2D eigenvalue weighted by molar-refractivity contribution is 14.1. The Bertz CT molecular complexity index is 59.4. The third-order valence-electron chi connectivity index (χ3n) is 1.13. The van der Waals surface area contributed by atoms with Gasteiger partial charge in [0.25, 0.3) is 0 Å². The van der Waals surface area contributed by atoms with Crippen LogP contribution in [0.2, 0.25) is 0 Å². The van der Waals surface area contributed by atoms with Crippen LogP contribution >= 0.6 is 22.6 Å². The third-order valence-corrected chi connectivity index (χ3v) is 2.63. The van der Waals surface area contributed by atoms with Crippen LogP contribution in [0.25, 0.3) is 0 Å². The molecule has 0 aromatic rings. The molecule has 0 heterocycles. The maximum atomic E-state index is 3.66. The fraction of sp³-hybridized carbons (Fsp3) is 0.714. The molecule has 0 amide bonds. The summed E-state index contributed by atoms with van der Waals surface area (Å²) in [5, 5.41) is 0. The van der Waals surface area contributed by atoms with E-state index in [4.69, 9.17) is 0 Å². The van der Waals surface area contributed by atoms with Gasteiger partial charge in [-0.25, -0.2) is 0 Å². The standard InChI is InChI=1S/C7H13I/c1-3-4-5-7(2)6-8/h3,7H,1,4-6H2,2H3/t7-/m0/s1. The van der Waals surface area contributed by atoms with Gasteiger partial charge in [0.05, 0.1) is 0 Å². The van der Waals surface area contributed by atoms with Crippen molar-refractivity contribution in [3.05, 3.63) is 12.7 Å². The zero-order chi connectivity index (χ0) is 6.41. The number of hydrogen-bond acceptors (Lipinski definition) is 0. The molecule has 0 N–H and O–H groups in total. The molecule has 8 heavy (non-hydrogen) atoms. The van der Waals surface area contributed by atoms with Gasteiger partial charge in [-0.15, -0.1) is 6.58 Å². The van der Waals surface area contributed by atoms with Gasteiger partial charge in [0, 0.05) is 4.43 Å². The van der Waals surface area contributed by atoms with Crippen LogP contribution in [0.1, 0.15) is 19.8 Å². The van der Waals surface area contributed by atoms with Crippen LogP contribution in [-0.4, -0.2) is 4.43 Å². The van der Waals surface area contributed by atoms with E-state index in [1.165, 1.54) is 17.3 Å². The van der Waals surface area contributed by atoms with Gasteiger partial charge in [-0.05, 0) is 18.8 Å². The first-order valence-electron chi connectivity index (χ1n) is 2.98. The maximum Gasteiger partial charge on any atom is 0.00211 e. The maximum absolute atomic E-state index is 3.66. The van der Waals surface area contributed by atoms with Gasteiger partial charge in [-0.3, -0.25) is 0 Å². The molecule has 0 bridgehead atoms. The monoisotopic (exact) mass is 224 g/mol. The summed E-state index contributed by atoms with van der Waals surface area (Å²) in [5.74, 6) is 0.869. The predicted molar refractivity (Wildman–Crippen MR) is 47.5 cm³/mol. The molecule has 0 radical (unpaired) electrons. The van der Waals surface area contributed by atoms with Crippen molar-refractivity contribution in [2.75, 3.05) is 4.43 Å². The van der Waals surface area contributed by atoms with Crippen LogP contribution in [0.3, 0.4) is 0 Å². The summed E-state index contributed by atoms with van der Waals surface area (Å²) in [4.78, 5) is 0. The Morgan fingerprint density at radius 1 is 1.75 bits per heavy atom. The molecule has 0 nitrogen and oxygen atoms in total. The van der Waals surface area contributed by atoms with Crippen molar-refractivity contribution in [3.8, 4) is 0 Å².